The Bertz CT molecular complexity index is 759. The topological polar surface area (TPSA) is 89.6 Å². The molecule has 0 aromatic heterocycles. The number of hydrogen-bond acceptors (Lipinski definition) is 5. The van der Waals surface area contributed by atoms with Crippen LogP contribution in [0.3, 0.4) is 0 Å². The summed E-state index contributed by atoms with van der Waals surface area (Å²) in [5.41, 5.74) is 7.02. The molecule has 1 aromatic rings. The Balaban J connectivity index is 1.63. The quantitative estimate of drug-likeness (QED) is 0.581. The van der Waals surface area contributed by atoms with Crippen molar-refractivity contribution in [1.29, 1.82) is 0 Å². The molecule has 0 spiro atoms. The minimum Gasteiger partial charge on any atom is -0.497 e. The second-order valence-electron chi connectivity index (χ2n) is 9.25. The summed E-state index contributed by atoms with van der Waals surface area (Å²) in [6, 6.07) is 8.23. The van der Waals surface area contributed by atoms with Gasteiger partial charge in [-0.25, -0.2) is 4.79 Å². The van der Waals surface area contributed by atoms with Crippen LogP contribution in [-0.2, 0) is 14.9 Å². The molecule has 172 valence electrons. The van der Waals surface area contributed by atoms with E-state index in [1.165, 1.54) is 5.56 Å². The maximum Gasteiger partial charge on any atom is 0.410 e. The Hall–Kier alpha value is -2.48. The molecule has 31 heavy (non-hydrogen) atoms. The molecule has 1 aromatic carbocycles. The number of rotatable bonds is 4. The molecule has 8 heteroatoms. The largest absolute Gasteiger partial charge is 0.497 e. The van der Waals surface area contributed by atoms with E-state index < -0.39 is 5.60 Å². The molecule has 0 atom stereocenters. The van der Waals surface area contributed by atoms with E-state index in [-0.39, 0.29) is 11.5 Å². The molecule has 0 bridgehead atoms. The number of carbonyl (C=O) groups excluding carboxylic acids is 1. The van der Waals surface area contributed by atoms with Gasteiger partial charge >= 0.3 is 6.09 Å². The third-order valence-corrected chi connectivity index (χ3v) is 5.95. The van der Waals surface area contributed by atoms with Crippen molar-refractivity contribution in [2.75, 3.05) is 53.0 Å². The summed E-state index contributed by atoms with van der Waals surface area (Å²) in [5.74, 6) is 1.38. The van der Waals surface area contributed by atoms with Gasteiger partial charge in [-0.15, -0.1) is 0 Å². The smallest absolute Gasteiger partial charge is 0.410 e. The van der Waals surface area contributed by atoms with E-state index in [1.54, 1.807) is 12.0 Å². The van der Waals surface area contributed by atoms with Gasteiger partial charge in [0, 0.05) is 44.8 Å². The minimum atomic E-state index is -0.492. The van der Waals surface area contributed by atoms with Crippen molar-refractivity contribution < 1.29 is 19.0 Å². The fourth-order valence-corrected chi connectivity index (χ4v) is 4.02. The summed E-state index contributed by atoms with van der Waals surface area (Å²) in [5, 5.41) is 0. The number of aliphatic imine (C=N–C) groups is 1. The summed E-state index contributed by atoms with van der Waals surface area (Å²) < 4.78 is 16.4. The zero-order chi connectivity index (χ0) is 22.5. The number of nitrogens with zero attached hydrogens (tertiary/aromatic N) is 3. The summed E-state index contributed by atoms with van der Waals surface area (Å²) in [7, 11) is 1.67. The number of methoxy groups -OCH3 is 1. The van der Waals surface area contributed by atoms with Gasteiger partial charge in [-0.1, -0.05) is 12.1 Å². The third kappa shape index (κ3) is 6.03. The van der Waals surface area contributed by atoms with Gasteiger partial charge in [-0.3, -0.25) is 4.99 Å². The lowest BCUT2D eigenvalue weighted by molar-refractivity contribution is 0.0186. The first kappa shape index (κ1) is 23.2. The van der Waals surface area contributed by atoms with Crippen LogP contribution >= 0.6 is 0 Å². The first-order chi connectivity index (χ1) is 14.7. The molecule has 0 aliphatic carbocycles. The predicted octanol–water partition coefficient (Wildman–Crippen LogP) is 2.61. The molecular formula is C23H36N4O4. The highest BCUT2D eigenvalue weighted by atomic mass is 16.6. The number of nitrogens with two attached hydrogens (primary N) is 1. The molecule has 8 nitrogen and oxygen atoms in total. The molecular weight excluding hydrogens is 396 g/mol. The first-order valence-corrected chi connectivity index (χ1v) is 11.0. The monoisotopic (exact) mass is 432 g/mol. The third-order valence-electron chi connectivity index (χ3n) is 5.95. The van der Waals surface area contributed by atoms with Crippen LogP contribution in [0.1, 0.15) is 39.2 Å². The number of benzene rings is 1. The highest BCUT2D eigenvalue weighted by Gasteiger charge is 2.35. The van der Waals surface area contributed by atoms with Crippen LogP contribution in [0.4, 0.5) is 4.79 Å². The van der Waals surface area contributed by atoms with E-state index in [9.17, 15) is 4.79 Å². The van der Waals surface area contributed by atoms with Crippen LogP contribution in [0.15, 0.2) is 29.3 Å². The Morgan fingerprint density at radius 2 is 1.68 bits per heavy atom. The van der Waals surface area contributed by atoms with Crippen LogP contribution in [0, 0.1) is 0 Å². The molecule has 2 aliphatic rings. The second kappa shape index (κ2) is 9.77. The van der Waals surface area contributed by atoms with Crippen LogP contribution < -0.4 is 10.5 Å². The summed E-state index contributed by atoms with van der Waals surface area (Å²) in [6.07, 6.45) is 1.54. The minimum absolute atomic E-state index is 0.0898. The number of amides is 1. The summed E-state index contributed by atoms with van der Waals surface area (Å²) in [6.45, 7) is 10.1. The lowest BCUT2D eigenvalue weighted by Gasteiger charge is -2.38. The second-order valence-corrected chi connectivity index (χ2v) is 9.25. The lowest BCUT2D eigenvalue weighted by atomic mass is 9.74. The normalized spacial score (nSPS) is 19.8. The highest BCUT2D eigenvalue weighted by Crippen LogP contribution is 2.36. The maximum absolute atomic E-state index is 12.3. The molecule has 0 unspecified atom stereocenters. The number of hydrogen-bond donors (Lipinski definition) is 1. The Morgan fingerprint density at radius 3 is 2.23 bits per heavy atom. The molecule has 2 saturated heterocycles. The SMILES string of the molecule is COc1ccc(C2(CN=C(N)N3CCN(C(=O)OC(C)(C)C)CC3)CCOCC2)cc1. The van der Waals surface area contributed by atoms with Crippen LogP contribution in [-0.4, -0.2) is 80.5 Å². The number of carbonyl (C=O) groups is 1. The van der Waals surface area contributed by atoms with Gasteiger partial charge in [-0.05, 0) is 51.3 Å². The number of piperazine rings is 1. The molecule has 3 rings (SSSR count). The standard InChI is InChI=1S/C23H36N4O4/c1-22(2,3)31-21(28)27-13-11-26(12-14-27)20(24)25-17-23(9-15-30-16-10-23)18-5-7-19(29-4)8-6-18/h5-8H,9-17H2,1-4H3,(H2,24,25). The highest BCUT2D eigenvalue weighted by molar-refractivity contribution is 5.78. The van der Waals surface area contributed by atoms with E-state index in [0.29, 0.717) is 38.7 Å². The Kier molecular flexibility index (Phi) is 7.30. The van der Waals surface area contributed by atoms with Crippen LogP contribution in [0.2, 0.25) is 0 Å². The van der Waals surface area contributed by atoms with Gasteiger partial charge in [0.05, 0.1) is 13.7 Å². The van der Waals surface area contributed by atoms with Gasteiger partial charge in [0.25, 0.3) is 0 Å². The van der Waals surface area contributed by atoms with Gasteiger partial charge in [0.15, 0.2) is 5.96 Å². The van der Waals surface area contributed by atoms with Crippen LogP contribution in [0.25, 0.3) is 0 Å². The van der Waals surface area contributed by atoms with Crippen molar-refractivity contribution in [1.82, 2.24) is 9.80 Å². The van der Waals surface area contributed by atoms with E-state index in [4.69, 9.17) is 24.9 Å². The lowest BCUT2D eigenvalue weighted by Crippen LogP contribution is -2.53. The summed E-state index contributed by atoms with van der Waals surface area (Å²) >= 11 is 0. The van der Waals surface area contributed by atoms with Crippen molar-refractivity contribution in [2.45, 2.75) is 44.6 Å². The Morgan fingerprint density at radius 1 is 1.10 bits per heavy atom. The van der Waals surface area contributed by atoms with Crippen molar-refractivity contribution in [3.8, 4) is 5.75 Å². The van der Waals surface area contributed by atoms with Crippen molar-refractivity contribution >= 4 is 12.1 Å². The predicted molar refractivity (Wildman–Crippen MR) is 121 cm³/mol. The van der Waals surface area contributed by atoms with Gasteiger partial charge in [-0.2, -0.15) is 0 Å². The van der Waals surface area contributed by atoms with Gasteiger partial charge in [0.2, 0.25) is 0 Å². The van der Waals surface area contributed by atoms with Gasteiger partial charge in [0.1, 0.15) is 11.4 Å². The molecule has 1 amide bonds. The summed E-state index contributed by atoms with van der Waals surface area (Å²) in [4.78, 5) is 20.8. The fraction of sp³-hybridized carbons (Fsp3) is 0.652. The van der Waals surface area contributed by atoms with Gasteiger partial charge < -0.3 is 29.7 Å². The van der Waals surface area contributed by atoms with E-state index in [2.05, 4.69) is 12.1 Å². The van der Waals surface area contributed by atoms with Crippen molar-refractivity contribution in [3.05, 3.63) is 29.8 Å². The molecule has 2 N–H and O–H groups in total. The van der Waals surface area contributed by atoms with E-state index >= 15 is 0 Å². The number of guanidine groups is 1. The first-order valence-electron chi connectivity index (χ1n) is 11.0. The average Bonchev–Trinajstić information content (AvgIpc) is 2.77. The van der Waals surface area contributed by atoms with Crippen molar-refractivity contribution in [3.63, 3.8) is 0 Å². The molecule has 2 aliphatic heterocycles. The molecule has 2 fully saturated rings. The average molecular weight is 433 g/mol. The zero-order valence-corrected chi connectivity index (χ0v) is 19.2. The fourth-order valence-electron chi connectivity index (χ4n) is 4.02. The van der Waals surface area contributed by atoms with E-state index in [0.717, 1.165) is 31.8 Å². The number of ether oxygens (including phenoxy) is 3. The zero-order valence-electron chi connectivity index (χ0n) is 19.2. The van der Waals surface area contributed by atoms with E-state index in [1.807, 2.05) is 37.8 Å². The molecule has 0 radical (unpaired) electrons. The van der Waals surface area contributed by atoms with Crippen LogP contribution in [0.5, 0.6) is 5.75 Å². The Labute approximate surface area is 185 Å². The maximum atomic E-state index is 12.3. The molecule has 0 saturated carbocycles. The molecule has 2 heterocycles. The van der Waals surface area contributed by atoms with Crippen molar-refractivity contribution in [2.24, 2.45) is 10.7 Å².